The molecule has 3 heteroatoms. The Morgan fingerprint density at radius 2 is 2.29 bits per heavy atom. The highest BCUT2D eigenvalue weighted by Crippen LogP contribution is 2.26. The molecule has 0 N–H and O–H groups in total. The first-order valence-corrected chi connectivity index (χ1v) is 6.77. The van der Waals surface area contributed by atoms with Crippen molar-refractivity contribution in [3.05, 3.63) is 56.6 Å². The monoisotopic (exact) mass is 267 g/mol. The number of rotatable bonds is 2. The van der Waals surface area contributed by atoms with Gasteiger partial charge in [0.2, 0.25) is 0 Å². The zero-order valence-electron chi connectivity index (χ0n) is 13.2. The Morgan fingerprint density at radius 1 is 1.41 bits per heavy atom. The van der Waals surface area contributed by atoms with Crippen LogP contribution in [0.1, 0.15) is 21.5 Å². The zero-order chi connectivity index (χ0) is 15.1. The molecule has 1 aromatic heterocycles. The first kappa shape index (κ1) is 7.57. The number of benzene rings is 1. The maximum absolute atomic E-state index is 8.01. The van der Waals surface area contributed by atoms with E-state index in [1.165, 1.54) is 10.4 Å². The van der Waals surface area contributed by atoms with Gasteiger partial charge < -0.3 is 0 Å². The first-order chi connectivity index (χ1) is 9.99. The summed E-state index contributed by atoms with van der Waals surface area (Å²) in [5, 5.41) is 2.23. The average molecular weight is 268 g/mol. The van der Waals surface area contributed by atoms with Gasteiger partial charge in [0.15, 0.2) is 0 Å². The Balaban J connectivity index is 1.90. The number of thiophene rings is 1. The van der Waals surface area contributed by atoms with Crippen LogP contribution in [-0.4, -0.2) is 11.4 Å². The van der Waals surface area contributed by atoms with Gasteiger partial charge in [-0.3, -0.25) is 4.90 Å². The van der Waals surface area contributed by atoms with Crippen LogP contribution >= 0.6 is 22.9 Å². The fourth-order valence-corrected chi connectivity index (χ4v) is 3.14. The van der Waals surface area contributed by atoms with E-state index in [2.05, 4.69) is 16.3 Å². The molecule has 1 aliphatic rings. The first-order valence-electron chi connectivity index (χ1n) is 7.51. The van der Waals surface area contributed by atoms with E-state index >= 15 is 0 Å². The minimum atomic E-state index is -0.271. The van der Waals surface area contributed by atoms with Gasteiger partial charge >= 0.3 is 0 Å². The SMILES string of the molecule is [2H]c1c([2H])c([2H])c(CN2CCc3sccc3C2)c(Cl)c1[2H]. The van der Waals surface area contributed by atoms with Crippen LogP contribution in [0.25, 0.3) is 0 Å². The highest BCUT2D eigenvalue weighted by Gasteiger charge is 2.17. The van der Waals surface area contributed by atoms with E-state index in [-0.39, 0.29) is 29.2 Å². The molecule has 0 bridgehead atoms. The normalized spacial score (nSPS) is 19.1. The molecule has 1 aromatic carbocycles. The predicted octanol–water partition coefficient (Wildman–Crippen LogP) is 3.96. The molecular formula is C14H14ClNS. The van der Waals surface area contributed by atoms with Gasteiger partial charge in [-0.15, -0.1) is 11.3 Å². The summed E-state index contributed by atoms with van der Waals surface area (Å²) in [6.07, 6.45) is 0.982. The highest BCUT2D eigenvalue weighted by molar-refractivity contribution is 7.10. The van der Waals surface area contributed by atoms with Crippen LogP contribution in [0.4, 0.5) is 0 Å². The van der Waals surface area contributed by atoms with Crippen LogP contribution in [0.2, 0.25) is 5.02 Å². The van der Waals surface area contributed by atoms with Gasteiger partial charge in [0, 0.05) is 29.5 Å². The van der Waals surface area contributed by atoms with E-state index in [4.69, 9.17) is 17.1 Å². The van der Waals surface area contributed by atoms with Crippen molar-refractivity contribution < 1.29 is 5.48 Å². The lowest BCUT2D eigenvalue weighted by Crippen LogP contribution is -2.29. The Morgan fingerprint density at radius 3 is 3.24 bits per heavy atom. The minimum absolute atomic E-state index is 0.0304. The standard InChI is InChI=1S/C14H14ClNS/c15-13-4-2-1-3-11(13)9-16-7-5-14-12(10-16)6-8-17-14/h1-4,6,8H,5,7,9-10H2/i1D,2D,3D,4D. The molecule has 0 aliphatic carbocycles. The fraction of sp³-hybridized carbons (Fsp3) is 0.286. The molecule has 1 nitrogen and oxygen atoms in total. The van der Waals surface area contributed by atoms with Crippen LogP contribution in [0.3, 0.4) is 0 Å². The Kier molecular flexibility index (Phi) is 2.14. The Bertz CT molecular complexity index is 672. The molecule has 0 saturated carbocycles. The van der Waals surface area contributed by atoms with E-state index in [9.17, 15) is 0 Å². The van der Waals surface area contributed by atoms with E-state index in [1.54, 1.807) is 11.3 Å². The molecular weight excluding hydrogens is 250 g/mol. The second-order valence-corrected chi connectivity index (χ2v) is 5.50. The summed E-state index contributed by atoms with van der Waals surface area (Å²) in [5.74, 6) is 0. The van der Waals surface area contributed by atoms with Crippen molar-refractivity contribution in [2.24, 2.45) is 0 Å². The van der Waals surface area contributed by atoms with Gasteiger partial charge in [0.1, 0.15) is 0 Å². The van der Waals surface area contributed by atoms with Gasteiger partial charge in [-0.25, -0.2) is 0 Å². The van der Waals surface area contributed by atoms with E-state index in [1.807, 2.05) is 0 Å². The molecule has 17 heavy (non-hydrogen) atoms. The van der Waals surface area contributed by atoms with Crippen LogP contribution < -0.4 is 0 Å². The summed E-state index contributed by atoms with van der Waals surface area (Å²) >= 11 is 7.91. The summed E-state index contributed by atoms with van der Waals surface area (Å²) in [4.78, 5) is 3.59. The Hall–Kier alpha value is -0.830. The second kappa shape index (κ2) is 4.81. The number of halogens is 1. The summed E-state index contributed by atoms with van der Waals surface area (Å²) < 4.78 is 31.2. The average Bonchev–Trinajstić information content (AvgIpc) is 2.95. The lowest BCUT2D eigenvalue weighted by Gasteiger charge is -2.27. The van der Waals surface area contributed by atoms with Crippen molar-refractivity contribution in [1.82, 2.24) is 4.90 Å². The third-order valence-electron chi connectivity index (χ3n) is 2.98. The number of nitrogens with zero attached hydrogens (tertiary/aromatic N) is 1. The van der Waals surface area contributed by atoms with Crippen LogP contribution in [0.5, 0.6) is 0 Å². The molecule has 0 spiro atoms. The third kappa shape index (κ3) is 2.39. The molecule has 3 rings (SSSR count). The quantitative estimate of drug-likeness (QED) is 0.796. The number of hydrogen-bond donors (Lipinski definition) is 0. The molecule has 1 aliphatic heterocycles. The maximum Gasteiger partial charge on any atom is 0.0639 e. The molecule has 0 unspecified atom stereocenters. The summed E-state index contributed by atoms with van der Waals surface area (Å²) in [6, 6.07) is 1.45. The number of fused-ring (bicyclic) bond motifs is 1. The highest BCUT2D eigenvalue weighted by atomic mass is 35.5. The van der Waals surface area contributed by atoms with Crippen LogP contribution in [-0.2, 0) is 19.5 Å². The maximum atomic E-state index is 8.01. The van der Waals surface area contributed by atoms with E-state index in [0.717, 1.165) is 19.5 Å². The van der Waals surface area contributed by atoms with Crippen molar-refractivity contribution in [3.8, 4) is 0 Å². The van der Waals surface area contributed by atoms with Gasteiger partial charge in [0.05, 0.1) is 5.48 Å². The number of hydrogen-bond acceptors (Lipinski definition) is 2. The molecule has 2 heterocycles. The van der Waals surface area contributed by atoms with E-state index < -0.39 is 0 Å². The van der Waals surface area contributed by atoms with Gasteiger partial charge in [0.25, 0.3) is 0 Å². The summed E-state index contributed by atoms with van der Waals surface area (Å²) in [5.41, 5.74) is 1.80. The van der Waals surface area contributed by atoms with Crippen molar-refractivity contribution >= 4 is 22.9 Å². The molecule has 0 fully saturated rings. The summed E-state index contributed by atoms with van der Waals surface area (Å²) in [7, 11) is 0. The fourth-order valence-electron chi connectivity index (χ4n) is 2.10. The predicted molar refractivity (Wildman–Crippen MR) is 73.6 cm³/mol. The van der Waals surface area contributed by atoms with Crippen molar-refractivity contribution in [2.45, 2.75) is 19.5 Å². The molecule has 0 amide bonds. The second-order valence-electron chi connectivity index (χ2n) is 4.12. The van der Waals surface area contributed by atoms with Crippen LogP contribution in [0.15, 0.2) is 35.6 Å². The molecule has 0 saturated heterocycles. The van der Waals surface area contributed by atoms with Gasteiger partial charge in [-0.2, -0.15) is 0 Å². The van der Waals surface area contributed by atoms with Crippen molar-refractivity contribution in [2.75, 3.05) is 6.54 Å². The molecule has 0 radical (unpaired) electrons. The molecule has 88 valence electrons. The van der Waals surface area contributed by atoms with Crippen LogP contribution in [0, 0.1) is 0 Å². The summed E-state index contributed by atoms with van der Waals surface area (Å²) in [6.45, 7) is 2.13. The lowest BCUT2D eigenvalue weighted by atomic mass is 10.1. The topological polar surface area (TPSA) is 3.24 Å². The Labute approximate surface area is 116 Å². The minimum Gasteiger partial charge on any atom is -0.294 e. The van der Waals surface area contributed by atoms with Gasteiger partial charge in [-0.1, -0.05) is 29.7 Å². The van der Waals surface area contributed by atoms with Crippen molar-refractivity contribution in [3.63, 3.8) is 0 Å². The smallest absolute Gasteiger partial charge is 0.0639 e. The molecule has 0 atom stereocenters. The third-order valence-corrected chi connectivity index (χ3v) is 4.33. The van der Waals surface area contributed by atoms with Gasteiger partial charge in [-0.05, 0) is 35.0 Å². The van der Waals surface area contributed by atoms with Crippen molar-refractivity contribution in [1.29, 1.82) is 0 Å². The largest absolute Gasteiger partial charge is 0.294 e. The zero-order valence-corrected chi connectivity index (χ0v) is 10.8. The molecule has 2 aromatic rings. The van der Waals surface area contributed by atoms with E-state index in [0.29, 0.717) is 12.1 Å². The lowest BCUT2D eigenvalue weighted by molar-refractivity contribution is 0.247.